The molecule has 1 aromatic carbocycles. The van der Waals surface area contributed by atoms with Gasteiger partial charge < -0.3 is 20.3 Å². The molecule has 2 aromatic rings. The van der Waals surface area contributed by atoms with Crippen molar-refractivity contribution in [2.45, 2.75) is 26.4 Å². The van der Waals surface area contributed by atoms with Crippen molar-refractivity contribution >= 4 is 28.8 Å². The van der Waals surface area contributed by atoms with Crippen LogP contribution in [0.5, 0.6) is 0 Å². The molecule has 1 saturated heterocycles. The van der Waals surface area contributed by atoms with Crippen molar-refractivity contribution in [1.29, 1.82) is 0 Å². The molecule has 1 amide bonds. The predicted octanol–water partition coefficient (Wildman–Crippen LogP) is 2.27. The maximum absolute atomic E-state index is 12.2. The van der Waals surface area contributed by atoms with Gasteiger partial charge >= 0.3 is 6.09 Å². The quantitative estimate of drug-likeness (QED) is 0.864. The van der Waals surface area contributed by atoms with Crippen molar-refractivity contribution in [3.63, 3.8) is 0 Å². The first-order valence-corrected chi connectivity index (χ1v) is 8.08. The van der Waals surface area contributed by atoms with E-state index in [0.717, 1.165) is 16.7 Å². The van der Waals surface area contributed by atoms with Crippen molar-refractivity contribution in [2.24, 2.45) is 0 Å². The summed E-state index contributed by atoms with van der Waals surface area (Å²) in [6, 6.07) is 7.81. The summed E-state index contributed by atoms with van der Waals surface area (Å²) in [5.74, 6) is 1.08. The number of hydrogen-bond donors (Lipinski definition) is 1. The third-order valence-electron chi connectivity index (χ3n) is 3.83. The van der Waals surface area contributed by atoms with E-state index in [1.807, 2.05) is 45.0 Å². The molecule has 0 atom stereocenters. The first kappa shape index (κ1) is 16.3. The fourth-order valence-corrected chi connectivity index (χ4v) is 2.75. The molecule has 0 saturated carbocycles. The number of carbonyl (C=O) groups excluding carboxylic acids is 1. The molecule has 7 heteroatoms. The molecule has 1 aliphatic rings. The summed E-state index contributed by atoms with van der Waals surface area (Å²) in [5.41, 5.74) is 6.19. The van der Waals surface area contributed by atoms with Crippen LogP contribution < -0.4 is 10.6 Å². The SMILES string of the molecule is CC(C)(C)OC(=O)N1CCN(c2nc(N)nc3ccccc23)CC1. The lowest BCUT2D eigenvalue weighted by molar-refractivity contribution is 0.0240. The zero-order chi connectivity index (χ0) is 17.3. The lowest BCUT2D eigenvalue weighted by Crippen LogP contribution is -2.50. The Kier molecular flexibility index (Phi) is 4.17. The summed E-state index contributed by atoms with van der Waals surface area (Å²) in [6.45, 7) is 8.16. The van der Waals surface area contributed by atoms with Crippen LogP contribution in [0.3, 0.4) is 0 Å². The minimum absolute atomic E-state index is 0.262. The van der Waals surface area contributed by atoms with Gasteiger partial charge in [-0.2, -0.15) is 4.98 Å². The second kappa shape index (κ2) is 6.14. The Hall–Kier alpha value is -2.57. The molecule has 1 fully saturated rings. The van der Waals surface area contributed by atoms with Gasteiger partial charge in [0, 0.05) is 31.6 Å². The van der Waals surface area contributed by atoms with E-state index in [0.29, 0.717) is 26.2 Å². The third-order valence-corrected chi connectivity index (χ3v) is 3.83. The Labute approximate surface area is 141 Å². The number of piperazine rings is 1. The fourth-order valence-electron chi connectivity index (χ4n) is 2.75. The number of carbonyl (C=O) groups is 1. The number of nitrogens with zero attached hydrogens (tertiary/aromatic N) is 4. The van der Waals surface area contributed by atoms with Gasteiger partial charge in [0.25, 0.3) is 0 Å². The predicted molar refractivity (Wildman–Crippen MR) is 94.0 cm³/mol. The normalized spacial score (nSPS) is 15.6. The Bertz CT molecular complexity index is 748. The standard InChI is InChI=1S/C17H23N5O2/c1-17(2,3)24-16(23)22-10-8-21(9-11-22)14-12-6-4-5-7-13(12)19-15(18)20-14/h4-7H,8-11H2,1-3H3,(H2,18,19,20). The molecule has 2 heterocycles. The Morgan fingerprint density at radius 3 is 2.46 bits per heavy atom. The van der Waals surface area contributed by atoms with E-state index >= 15 is 0 Å². The number of anilines is 2. The molecular weight excluding hydrogens is 306 g/mol. The van der Waals surface area contributed by atoms with Gasteiger partial charge in [-0.25, -0.2) is 9.78 Å². The third kappa shape index (κ3) is 3.50. The Balaban J connectivity index is 1.75. The van der Waals surface area contributed by atoms with E-state index < -0.39 is 5.60 Å². The summed E-state index contributed by atoms with van der Waals surface area (Å²) >= 11 is 0. The van der Waals surface area contributed by atoms with Crippen molar-refractivity contribution in [1.82, 2.24) is 14.9 Å². The number of fused-ring (bicyclic) bond motifs is 1. The highest BCUT2D eigenvalue weighted by atomic mass is 16.6. The van der Waals surface area contributed by atoms with Gasteiger partial charge in [0.2, 0.25) is 5.95 Å². The highest BCUT2D eigenvalue weighted by molar-refractivity contribution is 5.90. The van der Waals surface area contributed by atoms with Gasteiger partial charge in [-0.15, -0.1) is 0 Å². The molecule has 2 N–H and O–H groups in total. The fraction of sp³-hybridized carbons (Fsp3) is 0.471. The zero-order valence-electron chi connectivity index (χ0n) is 14.3. The number of para-hydroxylation sites is 1. The van der Waals surface area contributed by atoms with Crippen LogP contribution in [0.1, 0.15) is 20.8 Å². The number of hydrogen-bond acceptors (Lipinski definition) is 6. The molecule has 24 heavy (non-hydrogen) atoms. The zero-order valence-corrected chi connectivity index (χ0v) is 14.3. The summed E-state index contributed by atoms with van der Waals surface area (Å²) in [6.07, 6.45) is -0.269. The minimum Gasteiger partial charge on any atom is -0.444 e. The van der Waals surface area contributed by atoms with Gasteiger partial charge in [0.05, 0.1) is 5.52 Å². The molecule has 0 unspecified atom stereocenters. The van der Waals surface area contributed by atoms with Gasteiger partial charge in [0.15, 0.2) is 0 Å². The summed E-state index contributed by atoms with van der Waals surface area (Å²) in [7, 11) is 0. The molecule has 1 aromatic heterocycles. The van der Waals surface area contributed by atoms with Crippen molar-refractivity contribution in [3.8, 4) is 0 Å². The van der Waals surface area contributed by atoms with E-state index in [1.54, 1.807) is 4.90 Å². The lowest BCUT2D eigenvalue weighted by atomic mass is 10.2. The van der Waals surface area contributed by atoms with E-state index in [1.165, 1.54) is 0 Å². The molecule has 0 bridgehead atoms. The number of nitrogens with two attached hydrogens (primary N) is 1. The largest absolute Gasteiger partial charge is 0.444 e. The van der Waals surface area contributed by atoms with Gasteiger partial charge in [-0.1, -0.05) is 12.1 Å². The van der Waals surface area contributed by atoms with Gasteiger partial charge in [-0.05, 0) is 32.9 Å². The molecule has 128 valence electrons. The average molecular weight is 329 g/mol. The molecule has 0 radical (unpaired) electrons. The van der Waals surface area contributed by atoms with Crippen molar-refractivity contribution in [2.75, 3.05) is 36.8 Å². The van der Waals surface area contributed by atoms with Crippen LogP contribution in [0.2, 0.25) is 0 Å². The van der Waals surface area contributed by atoms with E-state index in [9.17, 15) is 4.79 Å². The molecule has 0 spiro atoms. The summed E-state index contributed by atoms with van der Waals surface area (Å²) in [5, 5.41) is 0.970. The molecule has 3 rings (SSSR count). The maximum Gasteiger partial charge on any atom is 0.410 e. The van der Waals surface area contributed by atoms with Crippen LogP contribution in [0.25, 0.3) is 10.9 Å². The van der Waals surface area contributed by atoms with E-state index in [-0.39, 0.29) is 12.0 Å². The Morgan fingerprint density at radius 1 is 1.12 bits per heavy atom. The van der Waals surface area contributed by atoms with E-state index in [4.69, 9.17) is 10.5 Å². The van der Waals surface area contributed by atoms with Crippen LogP contribution in [-0.2, 0) is 4.74 Å². The smallest absolute Gasteiger partial charge is 0.410 e. The second-order valence-electron chi connectivity index (χ2n) is 6.88. The van der Waals surface area contributed by atoms with Crippen LogP contribution >= 0.6 is 0 Å². The number of benzene rings is 1. The number of ether oxygens (including phenoxy) is 1. The van der Waals surface area contributed by atoms with Crippen molar-refractivity contribution in [3.05, 3.63) is 24.3 Å². The van der Waals surface area contributed by atoms with Crippen molar-refractivity contribution < 1.29 is 9.53 Å². The van der Waals surface area contributed by atoms with Crippen LogP contribution in [0.15, 0.2) is 24.3 Å². The number of rotatable bonds is 1. The molecule has 7 nitrogen and oxygen atoms in total. The monoisotopic (exact) mass is 329 g/mol. The van der Waals surface area contributed by atoms with Gasteiger partial charge in [0.1, 0.15) is 11.4 Å². The molecule has 0 aliphatic carbocycles. The van der Waals surface area contributed by atoms with E-state index in [2.05, 4.69) is 14.9 Å². The number of nitrogen functional groups attached to an aromatic ring is 1. The summed E-state index contributed by atoms with van der Waals surface area (Å²) < 4.78 is 5.43. The Morgan fingerprint density at radius 2 is 1.79 bits per heavy atom. The van der Waals surface area contributed by atoms with Crippen LogP contribution in [0, 0.1) is 0 Å². The average Bonchev–Trinajstić information content (AvgIpc) is 2.52. The highest BCUT2D eigenvalue weighted by Crippen LogP contribution is 2.25. The highest BCUT2D eigenvalue weighted by Gasteiger charge is 2.27. The number of aromatic nitrogens is 2. The first-order valence-electron chi connectivity index (χ1n) is 8.08. The molecular formula is C17H23N5O2. The lowest BCUT2D eigenvalue weighted by Gasteiger charge is -2.36. The van der Waals surface area contributed by atoms with Crippen LogP contribution in [-0.4, -0.2) is 52.7 Å². The maximum atomic E-state index is 12.2. The topological polar surface area (TPSA) is 84.6 Å². The summed E-state index contributed by atoms with van der Waals surface area (Å²) in [4.78, 5) is 24.7. The molecule has 1 aliphatic heterocycles. The second-order valence-corrected chi connectivity index (χ2v) is 6.88. The van der Waals surface area contributed by atoms with Gasteiger partial charge in [-0.3, -0.25) is 0 Å². The first-order chi connectivity index (χ1) is 11.3. The minimum atomic E-state index is -0.481. The number of amides is 1. The van der Waals surface area contributed by atoms with Crippen LogP contribution in [0.4, 0.5) is 16.6 Å².